The molecule has 1 aromatic heterocycles. The molecule has 0 N–H and O–H groups in total. The van der Waals surface area contributed by atoms with E-state index in [0.29, 0.717) is 5.92 Å². The summed E-state index contributed by atoms with van der Waals surface area (Å²) in [4.78, 5) is 0. The van der Waals surface area contributed by atoms with Crippen LogP contribution in [0.4, 0.5) is 0 Å². The quantitative estimate of drug-likeness (QED) is 0.690. The van der Waals surface area contributed by atoms with Gasteiger partial charge in [0.25, 0.3) is 0 Å². The molecule has 0 fully saturated rings. The standard InChI is InChI=1S/C11H19ClN2S/c1-4-6-7-9(5-2)11-14-13-10(15-11)8(3)12/h8-9H,4-7H2,1-3H3. The predicted molar refractivity (Wildman–Crippen MR) is 66.7 cm³/mol. The van der Waals surface area contributed by atoms with Crippen molar-refractivity contribution >= 4 is 22.9 Å². The van der Waals surface area contributed by atoms with Crippen molar-refractivity contribution in [2.75, 3.05) is 0 Å². The van der Waals surface area contributed by atoms with Crippen molar-refractivity contribution < 1.29 is 0 Å². The van der Waals surface area contributed by atoms with Crippen LogP contribution < -0.4 is 0 Å². The van der Waals surface area contributed by atoms with Gasteiger partial charge in [-0.2, -0.15) is 0 Å². The van der Waals surface area contributed by atoms with E-state index >= 15 is 0 Å². The van der Waals surface area contributed by atoms with Crippen LogP contribution >= 0.6 is 22.9 Å². The first-order valence-electron chi connectivity index (χ1n) is 5.66. The second-order valence-electron chi connectivity index (χ2n) is 3.84. The van der Waals surface area contributed by atoms with Crippen LogP contribution in [-0.4, -0.2) is 10.2 Å². The first-order valence-corrected chi connectivity index (χ1v) is 6.91. The molecule has 0 spiro atoms. The molecule has 0 saturated carbocycles. The van der Waals surface area contributed by atoms with Crippen LogP contribution in [0.1, 0.15) is 67.8 Å². The van der Waals surface area contributed by atoms with Gasteiger partial charge in [-0.05, 0) is 19.8 Å². The maximum atomic E-state index is 5.98. The number of rotatable bonds is 6. The van der Waals surface area contributed by atoms with Crippen molar-refractivity contribution in [1.82, 2.24) is 10.2 Å². The molecule has 2 atom stereocenters. The van der Waals surface area contributed by atoms with Gasteiger partial charge in [0, 0.05) is 5.92 Å². The monoisotopic (exact) mass is 246 g/mol. The minimum atomic E-state index is -0.0140. The highest BCUT2D eigenvalue weighted by Crippen LogP contribution is 2.31. The predicted octanol–water partition coefficient (Wildman–Crippen LogP) is 4.52. The van der Waals surface area contributed by atoms with Gasteiger partial charge in [0.05, 0.1) is 5.38 Å². The van der Waals surface area contributed by atoms with Gasteiger partial charge in [0.2, 0.25) is 0 Å². The average Bonchev–Trinajstić information content (AvgIpc) is 2.68. The topological polar surface area (TPSA) is 25.8 Å². The van der Waals surface area contributed by atoms with Crippen molar-refractivity contribution in [1.29, 1.82) is 0 Å². The molecule has 2 unspecified atom stereocenters. The third-order valence-electron chi connectivity index (χ3n) is 2.54. The SMILES string of the molecule is CCCCC(CC)c1nnc(C(C)Cl)s1. The maximum Gasteiger partial charge on any atom is 0.135 e. The Bertz CT molecular complexity index is 286. The van der Waals surface area contributed by atoms with E-state index in [1.807, 2.05) is 6.92 Å². The zero-order valence-corrected chi connectivity index (χ0v) is 11.2. The zero-order chi connectivity index (χ0) is 11.3. The number of halogens is 1. The number of hydrogen-bond acceptors (Lipinski definition) is 3. The summed E-state index contributed by atoms with van der Waals surface area (Å²) in [5.41, 5.74) is 0. The molecule has 86 valence electrons. The molecule has 0 amide bonds. The molecule has 0 radical (unpaired) electrons. The van der Waals surface area contributed by atoms with E-state index < -0.39 is 0 Å². The van der Waals surface area contributed by atoms with Crippen molar-refractivity contribution in [2.45, 2.75) is 57.7 Å². The number of nitrogens with zero attached hydrogens (tertiary/aromatic N) is 2. The summed E-state index contributed by atoms with van der Waals surface area (Å²) in [5, 5.41) is 10.5. The molecule has 0 aliphatic heterocycles. The van der Waals surface area contributed by atoms with Crippen LogP contribution in [0.3, 0.4) is 0 Å². The van der Waals surface area contributed by atoms with Crippen molar-refractivity contribution in [2.24, 2.45) is 0 Å². The fourth-order valence-electron chi connectivity index (χ4n) is 1.53. The van der Waals surface area contributed by atoms with Crippen LogP contribution in [0.2, 0.25) is 0 Å². The number of hydrogen-bond donors (Lipinski definition) is 0. The molecule has 0 aromatic carbocycles. The fourth-order valence-corrected chi connectivity index (χ4v) is 2.69. The molecule has 0 saturated heterocycles. The minimum Gasteiger partial charge on any atom is -0.143 e. The molecular formula is C11H19ClN2S. The highest BCUT2D eigenvalue weighted by Gasteiger charge is 2.16. The summed E-state index contributed by atoms with van der Waals surface area (Å²) in [6.07, 6.45) is 4.88. The highest BCUT2D eigenvalue weighted by atomic mass is 35.5. The highest BCUT2D eigenvalue weighted by molar-refractivity contribution is 7.11. The van der Waals surface area contributed by atoms with Crippen LogP contribution in [0.25, 0.3) is 0 Å². The van der Waals surface area contributed by atoms with Crippen molar-refractivity contribution in [3.63, 3.8) is 0 Å². The largest absolute Gasteiger partial charge is 0.143 e. The van der Waals surface area contributed by atoms with E-state index in [1.165, 1.54) is 19.3 Å². The van der Waals surface area contributed by atoms with E-state index in [1.54, 1.807) is 11.3 Å². The van der Waals surface area contributed by atoms with Gasteiger partial charge in [-0.1, -0.05) is 38.0 Å². The van der Waals surface area contributed by atoms with Crippen LogP contribution in [0, 0.1) is 0 Å². The zero-order valence-electron chi connectivity index (χ0n) is 9.66. The van der Waals surface area contributed by atoms with Gasteiger partial charge < -0.3 is 0 Å². The fraction of sp³-hybridized carbons (Fsp3) is 0.818. The first kappa shape index (κ1) is 12.9. The Morgan fingerprint density at radius 1 is 1.27 bits per heavy atom. The number of aromatic nitrogens is 2. The average molecular weight is 247 g/mol. The molecule has 1 aromatic rings. The summed E-state index contributed by atoms with van der Waals surface area (Å²) in [6, 6.07) is 0. The Morgan fingerprint density at radius 2 is 1.93 bits per heavy atom. The molecule has 1 rings (SSSR count). The number of alkyl halides is 1. The van der Waals surface area contributed by atoms with E-state index in [9.17, 15) is 0 Å². The molecule has 0 bridgehead atoms. The van der Waals surface area contributed by atoms with Gasteiger partial charge in [-0.3, -0.25) is 0 Å². The van der Waals surface area contributed by atoms with Crippen molar-refractivity contribution in [3.05, 3.63) is 10.0 Å². The summed E-state index contributed by atoms with van der Waals surface area (Å²) in [5.74, 6) is 0.576. The second kappa shape index (κ2) is 6.44. The van der Waals surface area contributed by atoms with Gasteiger partial charge >= 0.3 is 0 Å². The lowest BCUT2D eigenvalue weighted by Crippen LogP contribution is -1.96. The van der Waals surface area contributed by atoms with Crippen LogP contribution in [-0.2, 0) is 0 Å². The van der Waals surface area contributed by atoms with E-state index in [-0.39, 0.29) is 5.38 Å². The second-order valence-corrected chi connectivity index (χ2v) is 5.54. The Balaban J connectivity index is 2.65. The third kappa shape index (κ3) is 3.72. The van der Waals surface area contributed by atoms with E-state index in [2.05, 4.69) is 24.0 Å². The van der Waals surface area contributed by atoms with E-state index in [0.717, 1.165) is 16.4 Å². The van der Waals surface area contributed by atoms with E-state index in [4.69, 9.17) is 11.6 Å². The summed E-state index contributed by atoms with van der Waals surface area (Å²) in [6.45, 7) is 6.38. The minimum absolute atomic E-state index is 0.0140. The molecule has 0 aliphatic rings. The van der Waals surface area contributed by atoms with Gasteiger partial charge in [-0.15, -0.1) is 21.8 Å². The molecule has 0 aliphatic carbocycles. The summed E-state index contributed by atoms with van der Waals surface area (Å²) >= 11 is 7.65. The van der Waals surface area contributed by atoms with Gasteiger partial charge in [0.1, 0.15) is 10.0 Å². The lowest BCUT2D eigenvalue weighted by Gasteiger charge is -2.09. The lowest BCUT2D eigenvalue weighted by atomic mass is 10.0. The normalized spacial score (nSPS) is 15.2. The number of unbranched alkanes of at least 4 members (excludes halogenated alkanes) is 1. The molecule has 4 heteroatoms. The summed E-state index contributed by atoms with van der Waals surface area (Å²) < 4.78 is 0. The Hall–Kier alpha value is -0.150. The molecule has 2 nitrogen and oxygen atoms in total. The Labute approximate surface area is 101 Å². The molecule has 1 heterocycles. The van der Waals surface area contributed by atoms with Crippen LogP contribution in [0.15, 0.2) is 0 Å². The maximum absolute atomic E-state index is 5.98. The van der Waals surface area contributed by atoms with Crippen molar-refractivity contribution in [3.8, 4) is 0 Å². The Kier molecular flexibility index (Phi) is 5.54. The molecular weight excluding hydrogens is 228 g/mol. The third-order valence-corrected chi connectivity index (χ3v) is 4.15. The van der Waals surface area contributed by atoms with Gasteiger partial charge in [-0.25, -0.2) is 0 Å². The first-order chi connectivity index (χ1) is 7.19. The van der Waals surface area contributed by atoms with Gasteiger partial charge in [0.15, 0.2) is 0 Å². The lowest BCUT2D eigenvalue weighted by molar-refractivity contribution is 0.563. The molecule has 15 heavy (non-hydrogen) atoms. The Morgan fingerprint density at radius 3 is 2.40 bits per heavy atom. The smallest absolute Gasteiger partial charge is 0.135 e. The van der Waals surface area contributed by atoms with Crippen LogP contribution in [0.5, 0.6) is 0 Å². The summed E-state index contributed by atoms with van der Waals surface area (Å²) in [7, 11) is 0.